The summed E-state index contributed by atoms with van der Waals surface area (Å²) in [4.78, 5) is 2.62. The summed E-state index contributed by atoms with van der Waals surface area (Å²) in [6.07, 6.45) is 2.74. The lowest BCUT2D eigenvalue weighted by Crippen LogP contribution is -2.52. The van der Waals surface area contributed by atoms with E-state index in [2.05, 4.69) is 32.6 Å². The maximum absolute atomic E-state index is 2.62. The molecule has 0 saturated carbocycles. The highest BCUT2D eigenvalue weighted by molar-refractivity contribution is 4.71. The standard InChI is InChI=1S/C12H27N2/c1-5-9-12-10-13(6-2)11-14(12,7-3)8-4/h12H,5-11H2,1-4H3/q+1. The number of nitrogens with zero attached hydrogens (tertiary/aromatic N) is 2. The third-order valence-corrected chi connectivity index (χ3v) is 4.05. The first kappa shape index (κ1) is 12.0. The van der Waals surface area contributed by atoms with E-state index in [1.807, 2.05) is 0 Å². The largest absolute Gasteiger partial charge is 0.308 e. The van der Waals surface area contributed by atoms with Crippen LogP contribution in [-0.2, 0) is 0 Å². The van der Waals surface area contributed by atoms with Crippen molar-refractivity contribution in [2.75, 3.05) is 32.8 Å². The number of quaternary nitrogens is 1. The first-order chi connectivity index (χ1) is 6.72. The van der Waals surface area contributed by atoms with Crippen molar-refractivity contribution in [2.24, 2.45) is 0 Å². The Kier molecular flexibility index (Phi) is 4.39. The van der Waals surface area contributed by atoms with E-state index in [1.54, 1.807) is 0 Å². The Morgan fingerprint density at radius 2 is 1.79 bits per heavy atom. The topological polar surface area (TPSA) is 3.24 Å². The second-order valence-corrected chi connectivity index (χ2v) is 4.60. The van der Waals surface area contributed by atoms with Gasteiger partial charge in [-0.1, -0.05) is 20.3 Å². The van der Waals surface area contributed by atoms with E-state index in [9.17, 15) is 0 Å². The maximum Gasteiger partial charge on any atom is 0.135 e. The van der Waals surface area contributed by atoms with Gasteiger partial charge < -0.3 is 4.48 Å². The first-order valence-corrected chi connectivity index (χ1v) is 6.30. The number of rotatable bonds is 5. The van der Waals surface area contributed by atoms with Gasteiger partial charge in [0, 0.05) is 13.0 Å². The SMILES string of the molecule is CCCC1CN(CC)C[N+]1(CC)CC. The molecule has 1 rings (SSSR count). The Hall–Kier alpha value is -0.0800. The minimum atomic E-state index is 0.898. The summed E-state index contributed by atoms with van der Waals surface area (Å²) in [5.74, 6) is 0. The second-order valence-electron chi connectivity index (χ2n) is 4.60. The van der Waals surface area contributed by atoms with E-state index in [1.165, 1.54) is 50.2 Å². The molecule has 1 unspecified atom stereocenters. The van der Waals surface area contributed by atoms with Crippen LogP contribution in [-0.4, -0.2) is 48.3 Å². The minimum Gasteiger partial charge on any atom is -0.308 e. The van der Waals surface area contributed by atoms with Gasteiger partial charge in [0.15, 0.2) is 0 Å². The van der Waals surface area contributed by atoms with Crippen LogP contribution in [0.15, 0.2) is 0 Å². The average Bonchev–Trinajstić information content (AvgIpc) is 2.58. The molecule has 0 aliphatic carbocycles. The Morgan fingerprint density at radius 3 is 2.21 bits per heavy atom. The number of hydrogen-bond donors (Lipinski definition) is 0. The molecule has 1 saturated heterocycles. The second kappa shape index (κ2) is 5.13. The van der Waals surface area contributed by atoms with E-state index in [4.69, 9.17) is 0 Å². The fourth-order valence-corrected chi connectivity index (χ4v) is 2.91. The van der Waals surface area contributed by atoms with Gasteiger partial charge in [0.2, 0.25) is 0 Å². The van der Waals surface area contributed by atoms with Crippen molar-refractivity contribution in [2.45, 2.75) is 46.6 Å². The molecular formula is C12H27N2+. The summed E-state index contributed by atoms with van der Waals surface area (Å²) < 4.78 is 1.34. The van der Waals surface area contributed by atoms with Gasteiger partial charge in [0.1, 0.15) is 12.7 Å². The summed E-state index contributed by atoms with van der Waals surface area (Å²) >= 11 is 0. The molecule has 0 aromatic rings. The van der Waals surface area contributed by atoms with E-state index in [0.717, 1.165) is 6.04 Å². The molecule has 0 aromatic heterocycles. The average molecular weight is 199 g/mol. The van der Waals surface area contributed by atoms with Crippen LogP contribution in [0.5, 0.6) is 0 Å². The van der Waals surface area contributed by atoms with Crippen LogP contribution in [0.1, 0.15) is 40.5 Å². The zero-order valence-corrected chi connectivity index (χ0v) is 10.4. The van der Waals surface area contributed by atoms with Crippen LogP contribution in [0.25, 0.3) is 0 Å². The number of hydrogen-bond acceptors (Lipinski definition) is 1. The quantitative estimate of drug-likeness (QED) is 0.614. The molecule has 1 fully saturated rings. The zero-order chi connectivity index (χ0) is 10.6. The molecular weight excluding hydrogens is 172 g/mol. The van der Waals surface area contributed by atoms with Gasteiger partial charge in [-0.15, -0.1) is 0 Å². The van der Waals surface area contributed by atoms with Crippen molar-refractivity contribution in [3.05, 3.63) is 0 Å². The van der Waals surface area contributed by atoms with Gasteiger partial charge in [-0.05, 0) is 13.8 Å². The highest BCUT2D eigenvalue weighted by Gasteiger charge is 2.41. The van der Waals surface area contributed by atoms with Crippen LogP contribution < -0.4 is 0 Å². The van der Waals surface area contributed by atoms with Crippen LogP contribution in [0.3, 0.4) is 0 Å². The molecule has 14 heavy (non-hydrogen) atoms. The van der Waals surface area contributed by atoms with Gasteiger partial charge in [-0.2, -0.15) is 0 Å². The molecule has 1 aliphatic heterocycles. The van der Waals surface area contributed by atoms with Crippen LogP contribution in [0.4, 0.5) is 0 Å². The first-order valence-electron chi connectivity index (χ1n) is 6.30. The van der Waals surface area contributed by atoms with E-state index < -0.39 is 0 Å². The van der Waals surface area contributed by atoms with Crippen LogP contribution in [0, 0.1) is 0 Å². The van der Waals surface area contributed by atoms with Gasteiger partial charge in [0.05, 0.1) is 19.6 Å². The molecule has 1 heterocycles. The molecule has 1 atom stereocenters. The molecule has 0 bridgehead atoms. The summed E-state index contributed by atoms with van der Waals surface area (Å²) in [7, 11) is 0. The van der Waals surface area contributed by atoms with E-state index >= 15 is 0 Å². The predicted octanol–water partition coefficient (Wildman–Crippen LogP) is 2.30. The van der Waals surface area contributed by atoms with Gasteiger partial charge >= 0.3 is 0 Å². The molecule has 0 radical (unpaired) electrons. The zero-order valence-electron chi connectivity index (χ0n) is 10.4. The van der Waals surface area contributed by atoms with Crippen molar-refractivity contribution in [3.63, 3.8) is 0 Å². The smallest absolute Gasteiger partial charge is 0.135 e. The highest BCUT2D eigenvalue weighted by atomic mass is 15.5. The van der Waals surface area contributed by atoms with Crippen LogP contribution in [0.2, 0.25) is 0 Å². The molecule has 0 spiro atoms. The number of likely N-dealkylation sites (N-methyl/N-ethyl adjacent to an activating group) is 2. The van der Waals surface area contributed by atoms with E-state index in [-0.39, 0.29) is 0 Å². The fourth-order valence-electron chi connectivity index (χ4n) is 2.91. The third-order valence-electron chi connectivity index (χ3n) is 4.05. The lowest BCUT2D eigenvalue weighted by atomic mass is 10.1. The Balaban J connectivity index is 2.69. The van der Waals surface area contributed by atoms with Gasteiger partial charge in [0.25, 0.3) is 0 Å². The summed E-state index contributed by atoms with van der Waals surface area (Å²) in [5.41, 5.74) is 0. The van der Waals surface area contributed by atoms with E-state index in [0.29, 0.717) is 0 Å². The predicted molar refractivity (Wildman–Crippen MR) is 62.2 cm³/mol. The fraction of sp³-hybridized carbons (Fsp3) is 1.00. The molecule has 0 amide bonds. The minimum absolute atomic E-state index is 0.898. The lowest BCUT2D eigenvalue weighted by molar-refractivity contribution is -0.939. The molecule has 84 valence electrons. The summed E-state index contributed by atoms with van der Waals surface area (Å²) in [5, 5.41) is 0. The summed E-state index contributed by atoms with van der Waals surface area (Å²) in [6, 6.07) is 0.898. The maximum atomic E-state index is 2.62. The molecule has 0 N–H and O–H groups in total. The molecule has 2 nitrogen and oxygen atoms in total. The van der Waals surface area contributed by atoms with Gasteiger partial charge in [-0.3, -0.25) is 4.90 Å². The van der Waals surface area contributed by atoms with Crippen molar-refractivity contribution < 1.29 is 4.48 Å². The van der Waals surface area contributed by atoms with Gasteiger partial charge in [-0.25, -0.2) is 0 Å². The molecule has 1 aliphatic rings. The highest BCUT2D eigenvalue weighted by Crippen LogP contribution is 2.26. The molecule has 0 aromatic carbocycles. The normalized spacial score (nSPS) is 27.0. The lowest BCUT2D eigenvalue weighted by Gasteiger charge is -2.37. The van der Waals surface area contributed by atoms with Crippen molar-refractivity contribution >= 4 is 0 Å². The molecule has 2 heteroatoms. The van der Waals surface area contributed by atoms with Crippen molar-refractivity contribution in [3.8, 4) is 0 Å². The Bertz CT molecular complexity index is 164. The summed E-state index contributed by atoms with van der Waals surface area (Å²) in [6.45, 7) is 15.7. The monoisotopic (exact) mass is 199 g/mol. The van der Waals surface area contributed by atoms with Crippen molar-refractivity contribution in [1.29, 1.82) is 0 Å². The van der Waals surface area contributed by atoms with Crippen LogP contribution >= 0.6 is 0 Å². The Labute approximate surface area is 89.5 Å². The Morgan fingerprint density at radius 1 is 1.14 bits per heavy atom. The van der Waals surface area contributed by atoms with Crippen molar-refractivity contribution in [1.82, 2.24) is 4.90 Å². The third kappa shape index (κ3) is 2.12.